The summed E-state index contributed by atoms with van der Waals surface area (Å²) in [5.41, 5.74) is 2.60. The number of hydrogen-bond acceptors (Lipinski definition) is 3. The molecule has 0 saturated heterocycles. The molecule has 0 fully saturated rings. The first-order chi connectivity index (χ1) is 9.31. The highest BCUT2D eigenvalue weighted by Gasteiger charge is 2.13. The van der Waals surface area contributed by atoms with Gasteiger partial charge in [0.2, 0.25) is 0 Å². The predicted molar refractivity (Wildman–Crippen MR) is 75.1 cm³/mol. The van der Waals surface area contributed by atoms with Crippen LogP contribution in [0.5, 0.6) is 5.75 Å². The second kappa shape index (κ2) is 7.55. The standard InChI is InChI=1S/C15H23F2NO2/c1-9(2)13(19)8-18-7-12-5-10(3)11(4)6-14(12)20-15(16)17/h5-6,9,13,15,18-19H,7-8H2,1-4H3. The van der Waals surface area contributed by atoms with E-state index in [4.69, 9.17) is 0 Å². The summed E-state index contributed by atoms with van der Waals surface area (Å²) in [4.78, 5) is 0. The average Bonchev–Trinajstić information content (AvgIpc) is 2.34. The van der Waals surface area contributed by atoms with E-state index in [1.807, 2.05) is 33.8 Å². The average molecular weight is 287 g/mol. The third kappa shape index (κ3) is 5.06. The van der Waals surface area contributed by atoms with Gasteiger partial charge in [-0.15, -0.1) is 0 Å². The van der Waals surface area contributed by atoms with Gasteiger partial charge in [0.15, 0.2) is 0 Å². The van der Waals surface area contributed by atoms with E-state index in [1.54, 1.807) is 6.07 Å². The van der Waals surface area contributed by atoms with Gasteiger partial charge in [-0.2, -0.15) is 8.78 Å². The molecule has 2 N–H and O–H groups in total. The number of rotatable bonds is 7. The molecular formula is C15H23F2NO2. The van der Waals surface area contributed by atoms with Crippen LogP contribution in [-0.2, 0) is 6.54 Å². The minimum Gasteiger partial charge on any atom is -0.434 e. The van der Waals surface area contributed by atoms with Crippen molar-refractivity contribution in [3.8, 4) is 5.75 Å². The van der Waals surface area contributed by atoms with E-state index < -0.39 is 12.7 Å². The molecule has 0 heterocycles. The van der Waals surface area contributed by atoms with Crippen LogP contribution in [0.15, 0.2) is 12.1 Å². The molecule has 1 atom stereocenters. The van der Waals surface area contributed by atoms with Crippen LogP contribution in [0.1, 0.15) is 30.5 Å². The number of aliphatic hydroxyl groups is 1. The van der Waals surface area contributed by atoms with Gasteiger partial charge in [-0.3, -0.25) is 0 Å². The number of aliphatic hydroxyl groups excluding tert-OH is 1. The predicted octanol–water partition coefficient (Wildman–Crippen LogP) is 3.01. The monoisotopic (exact) mass is 287 g/mol. The van der Waals surface area contributed by atoms with Crippen LogP contribution in [0.25, 0.3) is 0 Å². The molecular weight excluding hydrogens is 264 g/mol. The Balaban J connectivity index is 2.74. The largest absolute Gasteiger partial charge is 0.434 e. The summed E-state index contributed by atoms with van der Waals surface area (Å²) < 4.78 is 29.4. The molecule has 0 aliphatic rings. The van der Waals surface area contributed by atoms with Crippen molar-refractivity contribution in [1.82, 2.24) is 5.32 Å². The number of ether oxygens (including phenoxy) is 1. The van der Waals surface area contributed by atoms with E-state index in [1.165, 1.54) is 0 Å². The molecule has 3 nitrogen and oxygen atoms in total. The Hall–Kier alpha value is -1.20. The van der Waals surface area contributed by atoms with Gasteiger partial charge in [-0.1, -0.05) is 19.9 Å². The maximum Gasteiger partial charge on any atom is 0.387 e. The van der Waals surface area contributed by atoms with E-state index in [0.29, 0.717) is 18.7 Å². The molecule has 1 aromatic carbocycles. The van der Waals surface area contributed by atoms with E-state index in [0.717, 1.165) is 11.1 Å². The van der Waals surface area contributed by atoms with Crippen molar-refractivity contribution in [3.63, 3.8) is 0 Å². The molecule has 0 aromatic heterocycles. The van der Waals surface area contributed by atoms with E-state index in [-0.39, 0.29) is 11.7 Å². The maximum absolute atomic E-state index is 12.4. The van der Waals surface area contributed by atoms with Crippen LogP contribution >= 0.6 is 0 Å². The highest BCUT2D eigenvalue weighted by molar-refractivity contribution is 5.41. The Morgan fingerprint density at radius 2 is 1.80 bits per heavy atom. The summed E-state index contributed by atoms with van der Waals surface area (Å²) >= 11 is 0. The van der Waals surface area contributed by atoms with Crippen LogP contribution in [0, 0.1) is 19.8 Å². The summed E-state index contributed by atoms with van der Waals surface area (Å²) in [5.74, 6) is 0.341. The molecule has 114 valence electrons. The Labute approximate surface area is 119 Å². The summed E-state index contributed by atoms with van der Waals surface area (Å²) in [5, 5.41) is 12.8. The van der Waals surface area contributed by atoms with Crippen molar-refractivity contribution in [3.05, 3.63) is 28.8 Å². The van der Waals surface area contributed by atoms with Gasteiger partial charge in [0, 0.05) is 18.7 Å². The van der Waals surface area contributed by atoms with Crippen LogP contribution in [-0.4, -0.2) is 24.4 Å². The highest BCUT2D eigenvalue weighted by Crippen LogP contribution is 2.25. The van der Waals surface area contributed by atoms with Crippen LogP contribution in [0.3, 0.4) is 0 Å². The molecule has 20 heavy (non-hydrogen) atoms. The second-order valence-corrected chi connectivity index (χ2v) is 5.36. The Bertz CT molecular complexity index is 436. The third-order valence-corrected chi connectivity index (χ3v) is 3.33. The van der Waals surface area contributed by atoms with E-state index >= 15 is 0 Å². The SMILES string of the molecule is Cc1cc(CNCC(O)C(C)C)c(OC(F)F)cc1C. The molecule has 0 radical (unpaired) electrons. The minimum atomic E-state index is -2.84. The maximum atomic E-state index is 12.4. The third-order valence-electron chi connectivity index (χ3n) is 3.33. The van der Waals surface area contributed by atoms with Gasteiger partial charge in [0.1, 0.15) is 5.75 Å². The molecule has 0 bridgehead atoms. The summed E-state index contributed by atoms with van der Waals surface area (Å²) in [6.45, 7) is 5.59. The van der Waals surface area contributed by atoms with Gasteiger partial charge in [0.25, 0.3) is 0 Å². The number of alkyl halides is 2. The van der Waals surface area contributed by atoms with Gasteiger partial charge in [-0.05, 0) is 37.0 Å². The zero-order valence-corrected chi connectivity index (χ0v) is 12.4. The molecule has 1 aromatic rings. The Morgan fingerprint density at radius 3 is 2.35 bits per heavy atom. The van der Waals surface area contributed by atoms with Gasteiger partial charge < -0.3 is 15.2 Å². The zero-order chi connectivity index (χ0) is 15.3. The summed E-state index contributed by atoms with van der Waals surface area (Å²) in [6.07, 6.45) is -0.457. The number of halogens is 2. The lowest BCUT2D eigenvalue weighted by Crippen LogP contribution is -2.30. The molecule has 5 heteroatoms. The molecule has 0 amide bonds. The molecule has 0 saturated carbocycles. The Morgan fingerprint density at radius 1 is 1.20 bits per heavy atom. The van der Waals surface area contributed by atoms with Gasteiger partial charge in [0.05, 0.1) is 6.10 Å². The van der Waals surface area contributed by atoms with Crippen molar-refractivity contribution in [2.45, 2.75) is 47.0 Å². The van der Waals surface area contributed by atoms with E-state index in [2.05, 4.69) is 10.1 Å². The van der Waals surface area contributed by atoms with Crippen molar-refractivity contribution >= 4 is 0 Å². The second-order valence-electron chi connectivity index (χ2n) is 5.36. The Kier molecular flexibility index (Phi) is 6.36. The van der Waals surface area contributed by atoms with Crippen LogP contribution in [0.2, 0.25) is 0 Å². The van der Waals surface area contributed by atoms with Crippen molar-refractivity contribution in [2.24, 2.45) is 5.92 Å². The number of hydrogen-bond donors (Lipinski definition) is 2. The number of benzene rings is 1. The zero-order valence-electron chi connectivity index (χ0n) is 12.4. The first-order valence-electron chi connectivity index (χ1n) is 6.75. The minimum absolute atomic E-state index is 0.152. The fourth-order valence-corrected chi connectivity index (χ4v) is 1.78. The smallest absolute Gasteiger partial charge is 0.387 e. The lowest BCUT2D eigenvalue weighted by molar-refractivity contribution is -0.0505. The molecule has 0 aliphatic carbocycles. The number of nitrogens with one attached hydrogen (secondary N) is 1. The van der Waals surface area contributed by atoms with Crippen molar-refractivity contribution in [1.29, 1.82) is 0 Å². The van der Waals surface area contributed by atoms with Crippen LogP contribution in [0.4, 0.5) is 8.78 Å². The summed E-state index contributed by atoms with van der Waals surface area (Å²) in [6, 6.07) is 3.46. The lowest BCUT2D eigenvalue weighted by Gasteiger charge is -2.17. The van der Waals surface area contributed by atoms with Gasteiger partial charge in [-0.25, -0.2) is 0 Å². The lowest BCUT2D eigenvalue weighted by atomic mass is 10.0. The quantitative estimate of drug-likeness (QED) is 0.810. The van der Waals surface area contributed by atoms with E-state index in [9.17, 15) is 13.9 Å². The normalized spacial score (nSPS) is 13.1. The number of aryl methyl sites for hydroxylation is 2. The topological polar surface area (TPSA) is 41.5 Å². The fourth-order valence-electron chi connectivity index (χ4n) is 1.78. The summed E-state index contributed by atoms with van der Waals surface area (Å²) in [7, 11) is 0. The molecule has 1 rings (SSSR count). The molecule has 1 unspecified atom stereocenters. The molecule has 0 spiro atoms. The van der Waals surface area contributed by atoms with Gasteiger partial charge >= 0.3 is 6.61 Å². The first kappa shape index (κ1) is 16.9. The molecule has 0 aliphatic heterocycles. The fraction of sp³-hybridized carbons (Fsp3) is 0.600. The first-order valence-corrected chi connectivity index (χ1v) is 6.75. The van der Waals surface area contributed by atoms with Crippen molar-refractivity contribution in [2.75, 3.05) is 6.54 Å². The highest BCUT2D eigenvalue weighted by atomic mass is 19.3. The van der Waals surface area contributed by atoms with Crippen molar-refractivity contribution < 1.29 is 18.6 Å². The van der Waals surface area contributed by atoms with Crippen LogP contribution < -0.4 is 10.1 Å².